The van der Waals surface area contributed by atoms with Gasteiger partial charge in [0.15, 0.2) is 0 Å². The molecule has 0 bridgehead atoms. The van der Waals surface area contributed by atoms with Gasteiger partial charge in [0.2, 0.25) is 0 Å². The number of rotatable bonds is 5. The van der Waals surface area contributed by atoms with Crippen molar-refractivity contribution in [3.05, 3.63) is 62.0 Å². The van der Waals surface area contributed by atoms with E-state index in [2.05, 4.69) is 33.4 Å². The monoisotopic (exact) mass is 373 g/mol. The van der Waals surface area contributed by atoms with Gasteiger partial charge in [-0.2, -0.15) is 0 Å². The van der Waals surface area contributed by atoms with Gasteiger partial charge in [-0.25, -0.2) is 0 Å². The smallest absolute Gasteiger partial charge is 0.139 e. The van der Waals surface area contributed by atoms with Gasteiger partial charge in [-0.15, -0.1) is 0 Å². The van der Waals surface area contributed by atoms with E-state index in [1.807, 2.05) is 19.2 Å². The van der Waals surface area contributed by atoms with Gasteiger partial charge in [0.1, 0.15) is 12.4 Å². The highest BCUT2D eigenvalue weighted by molar-refractivity contribution is 9.10. The lowest BCUT2D eigenvalue weighted by molar-refractivity contribution is 0.306. The van der Waals surface area contributed by atoms with Crippen LogP contribution in [0, 0.1) is 0 Å². The molecule has 0 aromatic heterocycles. The number of ether oxygens (including phenoxy) is 1. The number of halogens is 3. The van der Waals surface area contributed by atoms with E-state index >= 15 is 0 Å². The first-order valence-corrected chi connectivity index (χ1v) is 7.65. The Kier molecular flexibility index (Phi) is 5.73. The lowest BCUT2D eigenvalue weighted by Crippen LogP contribution is -2.05. The Morgan fingerprint density at radius 2 is 1.70 bits per heavy atom. The van der Waals surface area contributed by atoms with Gasteiger partial charge in [0.05, 0.1) is 10.0 Å². The molecule has 106 valence electrons. The molecule has 0 heterocycles. The fourth-order valence-electron chi connectivity index (χ4n) is 1.73. The molecule has 0 fully saturated rings. The first-order valence-electron chi connectivity index (χ1n) is 6.10. The average molecular weight is 375 g/mol. The largest absolute Gasteiger partial charge is 0.487 e. The van der Waals surface area contributed by atoms with Crippen molar-refractivity contribution in [2.75, 3.05) is 7.05 Å². The van der Waals surface area contributed by atoms with Crippen molar-refractivity contribution >= 4 is 39.1 Å². The Hall–Kier alpha value is -0.740. The number of benzene rings is 2. The van der Waals surface area contributed by atoms with Gasteiger partial charge >= 0.3 is 0 Å². The summed E-state index contributed by atoms with van der Waals surface area (Å²) < 4.78 is 6.46. The van der Waals surface area contributed by atoms with Crippen LogP contribution in [0.5, 0.6) is 5.75 Å². The summed E-state index contributed by atoms with van der Waals surface area (Å²) in [6, 6.07) is 11.7. The van der Waals surface area contributed by atoms with Crippen molar-refractivity contribution in [1.29, 1.82) is 0 Å². The van der Waals surface area contributed by atoms with E-state index in [9.17, 15) is 0 Å². The highest BCUT2D eigenvalue weighted by Crippen LogP contribution is 2.34. The second kappa shape index (κ2) is 7.32. The summed E-state index contributed by atoms with van der Waals surface area (Å²) in [6.45, 7) is 1.31. The minimum absolute atomic E-state index is 0.456. The molecular formula is C15H14BrCl2NO. The van der Waals surface area contributed by atoms with Gasteiger partial charge < -0.3 is 10.1 Å². The molecule has 2 aromatic rings. The third-order valence-corrected chi connectivity index (χ3v) is 4.27. The van der Waals surface area contributed by atoms with Crippen LogP contribution < -0.4 is 10.1 Å². The van der Waals surface area contributed by atoms with Crippen molar-refractivity contribution in [3.8, 4) is 5.75 Å². The second-order valence-electron chi connectivity index (χ2n) is 4.33. The van der Waals surface area contributed by atoms with Crippen molar-refractivity contribution in [1.82, 2.24) is 5.32 Å². The predicted octanol–water partition coefficient (Wildman–Crippen LogP) is 5.05. The van der Waals surface area contributed by atoms with Crippen LogP contribution in [0.15, 0.2) is 40.9 Å². The fourth-order valence-corrected chi connectivity index (χ4v) is 2.58. The molecule has 2 aromatic carbocycles. The molecule has 0 saturated heterocycles. The molecule has 1 N–H and O–H groups in total. The molecule has 0 aliphatic heterocycles. The summed E-state index contributed by atoms with van der Waals surface area (Å²) in [6.07, 6.45) is 0. The molecule has 0 amide bonds. The van der Waals surface area contributed by atoms with Crippen LogP contribution in [0.3, 0.4) is 0 Å². The lowest BCUT2D eigenvalue weighted by atomic mass is 10.1. The van der Waals surface area contributed by atoms with E-state index in [4.69, 9.17) is 27.9 Å². The fraction of sp³-hybridized carbons (Fsp3) is 0.200. The van der Waals surface area contributed by atoms with Gasteiger partial charge in [-0.3, -0.25) is 0 Å². The molecule has 0 unspecified atom stereocenters. The minimum Gasteiger partial charge on any atom is -0.487 e. The van der Waals surface area contributed by atoms with Crippen LogP contribution in [0.2, 0.25) is 10.0 Å². The summed E-state index contributed by atoms with van der Waals surface area (Å²) in [4.78, 5) is 0. The normalized spacial score (nSPS) is 10.6. The van der Waals surface area contributed by atoms with Crippen molar-refractivity contribution in [2.24, 2.45) is 0 Å². The summed E-state index contributed by atoms with van der Waals surface area (Å²) >= 11 is 15.5. The quantitative estimate of drug-likeness (QED) is 0.739. The topological polar surface area (TPSA) is 21.3 Å². The molecule has 2 nitrogen and oxygen atoms in total. The Morgan fingerprint density at radius 3 is 2.35 bits per heavy atom. The molecule has 0 radical (unpaired) electrons. The van der Waals surface area contributed by atoms with Crippen LogP contribution >= 0.6 is 39.1 Å². The van der Waals surface area contributed by atoms with Gasteiger partial charge in [-0.05, 0) is 40.2 Å². The third kappa shape index (κ3) is 4.13. The molecule has 0 spiro atoms. The zero-order chi connectivity index (χ0) is 14.5. The highest BCUT2D eigenvalue weighted by atomic mass is 79.9. The van der Waals surface area contributed by atoms with Crippen molar-refractivity contribution in [2.45, 2.75) is 13.2 Å². The van der Waals surface area contributed by atoms with E-state index in [1.165, 1.54) is 5.56 Å². The predicted molar refractivity (Wildman–Crippen MR) is 87.7 cm³/mol. The summed E-state index contributed by atoms with van der Waals surface area (Å²) in [5.74, 6) is 0.583. The maximum absolute atomic E-state index is 6.11. The molecule has 2 rings (SSSR count). The standard InChI is InChI=1S/C15H14BrCl2NO/c1-19-8-10-2-4-11(5-3-10)9-20-15-7-13(17)12(16)6-14(15)18/h2-7,19H,8-9H2,1H3. The molecule has 0 aliphatic carbocycles. The Bertz CT molecular complexity index is 587. The first kappa shape index (κ1) is 15.6. The van der Waals surface area contributed by atoms with Crippen LogP contribution in [0.25, 0.3) is 0 Å². The van der Waals surface area contributed by atoms with Crippen LogP contribution in [0.1, 0.15) is 11.1 Å². The lowest BCUT2D eigenvalue weighted by Gasteiger charge is -2.10. The average Bonchev–Trinajstić information content (AvgIpc) is 2.43. The van der Waals surface area contributed by atoms with E-state index in [0.717, 1.165) is 16.6 Å². The molecule has 0 atom stereocenters. The maximum atomic E-state index is 6.11. The van der Waals surface area contributed by atoms with Crippen LogP contribution in [0.4, 0.5) is 0 Å². The zero-order valence-corrected chi connectivity index (χ0v) is 14.0. The van der Waals surface area contributed by atoms with Crippen LogP contribution in [-0.2, 0) is 13.2 Å². The number of nitrogens with one attached hydrogen (secondary N) is 1. The molecule has 0 aliphatic rings. The Labute approximate surface area is 137 Å². The summed E-state index contributed by atoms with van der Waals surface area (Å²) in [5.41, 5.74) is 2.32. The van der Waals surface area contributed by atoms with Crippen molar-refractivity contribution < 1.29 is 4.74 Å². The minimum atomic E-state index is 0.456. The van der Waals surface area contributed by atoms with E-state index in [1.54, 1.807) is 12.1 Å². The Balaban J connectivity index is 2.03. The molecule has 20 heavy (non-hydrogen) atoms. The van der Waals surface area contributed by atoms with Crippen LogP contribution in [-0.4, -0.2) is 7.05 Å². The number of hydrogen-bond donors (Lipinski definition) is 1. The zero-order valence-electron chi connectivity index (χ0n) is 10.9. The summed E-state index contributed by atoms with van der Waals surface area (Å²) in [5, 5.41) is 4.23. The van der Waals surface area contributed by atoms with Gasteiger partial charge in [0, 0.05) is 17.1 Å². The van der Waals surface area contributed by atoms with Gasteiger partial charge in [-0.1, -0.05) is 47.5 Å². The summed E-state index contributed by atoms with van der Waals surface area (Å²) in [7, 11) is 1.93. The van der Waals surface area contributed by atoms with E-state index in [0.29, 0.717) is 22.4 Å². The molecule has 0 saturated carbocycles. The first-order chi connectivity index (χ1) is 9.60. The molecule has 5 heteroatoms. The van der Waals surface area contributed by atoms with E-state index in [-0.39, 0.29) is 0 Å². The number of hydrogen-bond acceptors (Lipinski definition) is 2. The van der Waals surface area contributed by atoms with Crippen molar-refractivity contribution in [3.63, 3.8) is 0 Å². The van der Waals surface area contributed by atoms with Gasteiger partial charge in [0.25, 0.3) is 0 Å². The second-order valence-corrected chi connectivity index (χ2v) is 6.00. The SMILES string of the molecule is CNCc1ccc(COc2cc(Cl)c(Br)cc2Cl)cc1. The Morgan fingerprint density at radius 1 is 1.05 bits per heavy atom. The maximum Gasteiger partial charge on any atom is 0.139 e. The third-order valence-electron chi connectivity index (χ3n) is 2.77. The molecular weight excluding hydrogens is 361 g/mol. The highest BCUT2D eigenvalue weighted by Gasteiger charge is 2.07. The van der Waals surface area contributed by atoms with E-state index < -0.39 is 0 Å².